The number of cyclic esters (lactones) is 1. The number of benzene rings is 1. The summed E-state index contributed by atoms with van der Waals surface area (Å²) < 4.78 is 30.2. The highest BCUT2D eigenvalue weighted by atomic mass is 127. The zero-order valence-electron chi connectivity index (χ0n) is 14.6. The molecule has 2 atom stereocenters. The number of carbonyl (C=O) groups is 2. The largest absolute Gasteiger partial charge is 0.444 e. The van der Waals surface area contributed by atoms with Crippen molar-refractivity contribution in [3.05, 3.63) is 29.8 Å². The summed E-state index contributed by atoms with van der Waals surface area (Å²) in [4.78, 5) is 25.7. The number of hydrogen-bond acceptors (Lipinski definition) is 5. The summed E-state index contributed by atoms with van der Waals surface area (Å²) in [5.41, 5.74) is 1.45. The SMILES string of the molecule is CC#Cc1ccc(N2C[C@H](C[C@](C)(C(=O)NI)S(C)(=O)=O)OC2=O)cc1. The van der Waals surface area contributed by atoms with E-state index in [1.54, 1.807) is 54.1 Å². The van der Waals surface area contributed by atoms with Crippen LogP contribution in [-0.4, -0.2) is 44.1 Å². The van der Waals surface area contributed by atoms with Crippen LogP contribution in [0.25, 0.3) is 0 Å². The molecule has 0 saturated carbocycles. The molecule has 0 aliphatic carbocycles. The fourth-order valence-electron chi connectivity index (χ4n) is 2.65. The van der Waals surface area contributed by atoms with Crippen molar-refractivity contribution in [2.45, 2.75) is 31.1 Å². The van der Waals surface area contributed by atoms with E-state index in [2.05, 4.69) is 15.4 Å². The fraction of sp³-hybridized carbons (Fsp3) is 0.412. The molecule has 0 bridgehead atoms. The first-order valence-electron chi connectivity index (χ1n) is 7.74. The van der Waals surface area contributed by atoms with E-state index < -0.39 is 32.7 Å². The zero-order chi connectivity index (χ0) is 19.5. The van der Waals surface area contributed by atoms with Crippen LogP contribution in [0.15, 0.2) is 24.3 Å². The monoisotopic (exact) mass is 490 g/mol. The molecule has 140 valence electrons. The molecule has 1 fully saturated rings. The van der Waals surface area contributed by atoms with Gasteiger partial charge in [0.05, 0.1) is 29.4 Å². The van der Waals surface area contributed by atoms with Crippen molar-refractivity contribution in [2.75, 3.05) is 17.7 Å². The van der Waals surface area contributed by atoms with Gasteiger partial charge in [0, 0.05) is 23.9 Å². The molecule has 7 nitrogen and oxygen atoms in total. The van der Waals surface area contributed by atoms with E-state index in [0.29, 0.717) is 5.69 Å². The highest BCUT2D eigenvalue weighted by molar-refractivity contribution is 14.1. The second-order valence-corrected chi connectivity index (χ2v) is 9.15. The van der Waals surface area contributed by atoms with Crippen LogP contribution in [0.2, 0.25) is 0 Å². The third-order valence-corrected chi connectivity index (χ3v) is 6.80. The van der Waals surface area contributed by atoms with Gasteiger partial charge in [-0.25, -0.2) is 13.2 Å². The van der Waals surface area contributed by atoms with Crippen LogP contribution in [0.5, 0.6) is 0 Å². The van der Waals surface area contributed by atoms with Gasteiger partial charge in [-0.3, -0.25) is 13.2 Å². The summed E-state index contributed by atoms with van der Waals surface area (Å²) in [5, 5.41) is 0. The van der Waals surface area contributed by atoms with Gasteiger partial charge in [0.2, 0.25) is 5.91 Å². The smallest absolute Gasteiger partial charge is 0.414 e. The van der Waals surface area contributed by atoms with Gasteiger partial charge in [-0.1, -0.05) is 5.92 Å². The minimum absolute atomic E-state index is 0.123. The summed E-state index contributed by atoms with van der Waals surface area (Å²) in [7, 11) is -3.72. The predicted molar refractivity (Wildman–Crippen MR) is 107 cm³/mol. The maximum absolute atomic E-state index is 12.2. The van der Waals surface area contributed by atoms with E-state index in [1.807, 2.05) is 0 Å². The first kappa shape index (κ1) is 20.5. The number of rotatable bonds is 5. The molecular formula is C17H19IN2O5S. The first-order chi connectivity index (χ1) is 12.1. The number of nitrogens with one attached hydrogen (secondary N) is 1. The Bertz CT molecular complexity index is 873. The molecule has 1 N–H and O–H groups in total. The molecule has 1 aliphatic heterocycles. The summed E-state index contributed by atoms with van der Waals surface area (Å²) in [5.74, 6) is 5.07. The molecule has 26 heavy (non-hydrogen) atoms. The van der Waals surface area contributed by atoms with Gasteiger partial charge in [0.1, 0.15) is 6.10 Å². The highest BCUT2D eigenvalue weighted by Crippen LogP contribution is 2.30. The van der Waals surface area contributed by atoms with Crippen LogP contribution < -0.4 is 8.43 Å². The van der Waals surface area contributed by atoms with Crippen molar-refractivity contribution >= 4 is 50.4 Å². The molecule has 1 aromatic carbocycles. The van der Waals surface area contributed by atoms with Crippen LogP contribution in [0.1, 0.15) is 25.8 Å². The Morgan fingerprint density at radius 2 is 2.04 bits per heavy atom. The second-order valence-electron chi connectivity index (χ2n) is 6.17. The third kappa shape index (κ3) is 4.12. The van der Waals surface area contributed by atoms with Crippen molar-refractivity contribution in [3.63, 3.8) is 0 Å². The van der Waals surface area contributed by atoms with Crippen LogP contribution in [-0.2, 0) is 19.4 Å². The normalized spacial score (nSPS) is 19.2. The first-order valence-corrected chi connectivity index (χ1v) is 10.7. The number of anilines is 1. The van der Waals surface area contributed by atoms with Gasteiger partial charge in [-0.2, -0.15) is 0 Å². The maximum atomic E-state index is 12.2. The minimum Gasteiger partial charge on any atom is -0.444 e. The minimum atomic E-state index is -3.72. The maximum Gasteiger partial charge on any atom is 0.414 e. The molecule has 1 heterocycles. The average molecular weight is 490 g/mol. The Hall–Kier alpha value is -1.80. The van der Waals surface area contributed by atoms with Crippen molar-refractivity contribution in [3.8, 4) is 11.8 Å². The number of sulfone groups is 1. The highest BCUT2D eigenvalue weighted by Gasteiger charge is 2.48. The van der Waals surface area contributed by atoms with E-state index in [1.165, 1.54) is 11.8 Å². The molecule has 1 saturated heterocycles. The van der Waals surface area contributed by atoms with Crippen LogP contribution in [0, 0.1) is 11.8 Å². The third-order valence-electron chi connectivity index (χ3n) is 4.32. The van der Waals surface area contributed by atoms with Crippen molar-refractivity contribution in [2.24, 2.45) is 0 Å². The summed E-state index contributed by atoms with van der Waals surface area (Å²) >= 11 is 1.60. The number of nitrogens with zero attached hydrogens (tertiary/aromatic N) is 1. The lowest BCUT2D eigenvalue weighted by Gasteiger charge is -2.27. The summed E-state index contributed by atoms with van der Waals surface area (Å²) in [6.07, 6.45) is -0.412. The van der Waals surface area contributed by atoms with Gasteiger partial charge in [-0.15, -0.1) is 5.92 Å². The van der Waals surface area contributed by atoms with Gasteiger partial charge < -0.3 is 4.74 Å². The van der Waals surface area contributed by atoms with E-state index in [9.17, 15) is 18.0 Å². The van der Waals surface area contributed by atoms with Crippen molar-refractivity contribution in [1.82, 2.24) is 3.53 Å². The molecular weight excluding hydrogens is 471 g/mol. The molecule has 0 spiro atoms. The fourth-order valence-corrected chi connectivity index (χ4v) is 4.31. The second kappa shape index (κ2) is 7.84. The van der Waals surface area contributed by atoms with Gasteiger partial charge in [0.15, 0.2) is 14.6 Å². The molecule has 1 aliphatic rings. The lowest BCUT2D eigenvalue weighted by atomic mass is 10.0. The van der Waals surface area contributed by atoms with Crippen LogP contribution in [0.3, 0.4) is 0 Å². The van der Waals surface area contributed by atoms with Crippen LogP contribution >= 0.6 is 22.9 Å². The molecule has 2 amide bonds. The van der Waals surface area contributed by atoms with E-state index in [0.717, 1.165) is 11.8 Å². The van der Waals surface area contributed by atoms with Crippen molar-refractivity contribution < 1.29 is 22.7 Å². The number of carbonyl (C=O) groups excluding carboxylic acids is 2. The van der Waals surface area contributed by atoms with Crippen molar-refractivity contribution in [1.29, 1.82) is 0 Å². The Morgan fingerprint density at radius 3 is 2.54 bits per heavy atom. The van der Waals surface area contributed by atoms with E-state index >= 15 is 0 Å². The summed E-state index contributed by atoms with van der Waals surface area (Å²) in [6, 6.07) is 7.07. The average Bonchev–Trinajstić information content (AvgIpc) is 2.94. The van der Waals surface area contributed by atoms with Gasteiger partial charge in [0.25, 0.3) is 0 Å². The molecule has 0 unspecified atom stereocenters. The Morgan fingerprint density at radius 1 is 1.42 bits per heavy atom. The lowest BCUT2D eigenvalue weighted by Crippen LogP contribution is -2.50. The standard InChI is InChI=1S/C17H19IN2O5S/c1-4-5-12-6-8-13(9-7-12)20-11-14(25-16(20)22)10-17(2,15(21)19-18)26(3,23)24/h6-9,14H,10-11H2,1-3H3,(H,19,21)/t14-,17+/m0/s1. The summed E-state index contributed by atoms with van der Waals surface area (Å²) in [6.45, 7) is 3.24. The quantitative estimate of drug-likeness (QED) is 0.388. The Kier molecular flexibility index (Phi) is 6.18. The molecule has 9 heteroatoms. The number of hydrogen-bond donors (Lipinski definition) is 1. The molecule has 0 radical (unpaired) electrons. The number of ether oxygens (including phenoxy) is 1. The van der Waals surface area contributed by atoms with Crippen LogP contribution in [0.4, 0.5) is 10.5 Å². The number of amides is 2. The van der Waals surface area contributed by atoms with E-state index in [4.69, 9.17) is 4.74 Å². The number of halogens is 1. The zero-order valence-corrected chi connectivity index (χ0v) is 17.5. The predicted octanol–water partition coefficient (Wildman–Crippen LogP) is 2.04. The molecule has 2 rings (SSSR count). The van der Waals surface area contributed by atoms with Gasteiger partial charge >= 0.3 is 6.09 Å². The lowest BCUT2D eigenvalue weighted by molar-refractivity contribution is -0.121. The topological polar surface area (TPSA) is 92.8 Å². The van der Waals surface area contributed by atoms with Gasteiger partial charge in [-0.05, 0) is 38.1 Å². The van der Waals surface area contributed by atoms with E-state index in [-0.39, 0.29) is 13.0 Å². The molecule has 1 aromatic rings. The Balaban J connectivity index is 2.20. The Labute approximate surface area is 166 Å². The molecule has 0 aromatic heterocycles.